The van der Waals surface area contributed by atoms with Gasteiger partial charge in [-0.2, -0.15) is 0 Å². The molecule has 0 aromatic rings. The lowest BCUT2D eigenvalue weighted by molar-refractivity contribution is -0.130. The number of carbonyl (C=O) groups excluding carboxylic acids is 1. The van der Waals surface area contributed by atoms with Crippen LogP contribution in [0.3, 0.4) is 0 Å². The summed E-state index contributed by atoms with van der Waals surface area (Å²) < 4.78 is 0. The van der Waals surface area contributed by atoms with Crippen molar-refractivity contribution in [3.63, 3.8) is 0 Å². The van der Waals surface area contributed by atoms with E-state index in [1.54, 1.807) is 0 Å². The molecule has 1 saturated heterocycles. The minimum Gasteiger partial charge on any atom is -0.330 e. The average Bonchev–Trinajstić information content (AvgIpc) is 1.81. The highest BCUT2D eigenvalue weighted by Crippen LogP contribution is 2.28. The number of hydrogen-bond acceptors (Lipinski definition) is 1. The van der Waals surface area contributed by atoms with Crippen molar-refractivity contribution < 1.29 is 4.79 Å². The standard InChI is InChI=1S/C8H13NO/c1-6-4-5-8(2,3)7(10)9-6/h1,4-5H2,2-3H3,(H,9,10). The van der Waals surface area contributed by atoms with E-state index in [9.17, 15) is 4.79 Å². The highest BCUT2D eigenvalue weighted by atomic mass is 16.2. The largest absolute Gasteiger partial charge is 0.330 e. The number of piperidine rings is 1. The van der Waals surface area contributed by atoms with Crippen molar-refractivity contribution in [2.75, 3.05) is 0 Å². The summed E-state index contributed by atoms with van der Waals surface area (Å²) in [5.41, 5.74) is 0.658. The molecule has 0 radical (unpaired) electrons. The lowest BCUT2D eigenvalue weighted by Gasteiger charge is -2.29. The van der Waals surface area contributed by atoms with Crippen molar-refractivity contribution in [2.45, 2.75) is 26.7 Å². The van der Waals surface area contributed by atoms with E-state index in [1.165, 1.54) is 0 Å². The van der Waals surface area contributed by atoms with Gasteiger partial charge >= 0.3 is 0 Å². The second-order valence-corrected chi connectivity index (χ2v) is 3.44. The number of nitrogens with one attached hydrogen (secondary N) is 1. The van der Waals surface area contributed by atoms with Gasteiger partial charge in [0.2, 0.25) is 5.91 Å². The van der Waals surface area contributed by atoms with Gasteiger partial charge in [0.1, 0.15) is 0 Å². The Labute approximate surface area is 61.3 Å². The van der Waals surface area contributed by atoms with Gasteiger partial charge in [-0.15, -0.1) is 0 Å². The third-order valence-electron chi connectivity index (χ3n) is 1.96. The summed E-state index contributed by atoms with van der Waals surface area (Å²) in [7, 11) is 0. The first kappa shape index (κ1) is 7.32. The van der Waals surface area contributed by atoms with Crippen LogP contribution in [0.5, 0.6) is 0 Å². The summed E-state index contributed by atoms with van der Waals surface area (Å²) in [6.07, 6.45) is 1.83. The number of rotatable bonds is 0. The molecule has 56 valence electrons. The van der Waals surface area contributed by atoms with E-state index >= 15 is 0 Å². The summed E-state index contributed by atoms with van der Waals surface area (Å²) in [4.78, 5) is 11.2. The van der Waals surface area contributed by atoms with Gasteiger partial charge in [0.25, 0.3) is 0 Å². The molecule has 0 spiro atoms. The zero-order valence-electron chi connectivity index (χ0n) is 6.53. The first-order valence-electron chi connectivity index (χ1n) is 3.51. The van der Waals surface area contributed by atoms with Gasteiger partial charge in [-0.1, -0.05) is 20.4 Å². The van der Waals surface area contributed by atoms with Crippen LogP contribution in [-0.4, -0.2) is 5.91 Å². The monoisotopic (exact) mass is 139 g/mol. The number of carbonyl (C=O) groups is 1. The predicted molar refractivity (Wildman–Crippen MR) is 40.3 cm³/mol. The summed E-state index contributed by atoms with van der Waals surface area (Å²) in [6.45, 7) is 7.60. The molecular formula is C8H13NO. The lowest BCUT2D eigenvalue weighted by Crippen LogP contribution is -2.40. The Morgan fingerprint density at radius 3 is 2.60 bits per heavy atom. The van der Waals surface area contributed by atoms with Crippen molar-refractivity contribution in [1.82, 2.24) is 5.32 Å². The van der Waals surface area contributed by atoms with E-state index in [1.807, 2.05) is 13.8 Å². The average molecular weight is 139 g/mol. The van der Waals surface area contributed by atoms with Gasteiger partial charge < -0.3 is 5.32 Å². The van der Waals surface area contributed by atoms with Crippen LogP contribution in [-0.2, 0) is 4.79 Å². The number of hydrogen-bond donors (Lipinski definition) is 1. The lowest BCUT2D eigenvalue weighted by atomic mass is 9.83. The molecule has 0 atom stereocenters. The molecule has 1 N–H and O–H groups in total. The van der Waals surface area contributed by atoms with Gasteiger partial charge in [0, 0.05) is 11.1 Å². The van der Waals surface area contributed by atoms with Crippen LogP contribution in [0.15, 0.2) is 12.3 Å². The Hall–Kier alpha value is -0.790. The molecule has 1 aliphatic rings. The van der Waals surface area contributed by atoms with Crippen LogP contribution in [0.1, 0.15) is 26.7 Å². The quantitative estimate of drug-likeness (QED) is 0.540. The molecule has 2 heteroatoms. The molecule has 0 aromatic heterocycles. The van der Waals surface area contributed by atoms with Crippen LogP contribution in [0, 0.1) is 5.41 Å². The predicted octanol–water partition coefficient (Wildman–Crippen LogP) is 1.44. The topological polar surface area (TPSA) is 29.1 Å². The number of amides is 1. The van der Waals surface area contributed by atoms with E-state index < -0.39 is 0 Å². The van der Waals surface area contributed by atoms with Gasteiger partial charge in [-0.25, -0.2) is 0 Å². The molecule has 1 fully saturated rings. The normalized spacial score (nSPS) is 24.2. The Kier molecular flexibility index (Phi) is 1.55. The molecular weight excluding hydrogens is 126 g/mol. The molecule has 1 heterocycles. The summed E-state index contributed by atoms with van der Waals surface area (Å²) >= 11 is 0. The Morgan fingerprint density at radius 1 is 1.60 bits per heavy atom. The fourth-order valence-electron chi connectivity index (χ4n) is 0.969. The third kappa shape index (κ3) is 1.20. The molecule has 0 bridgehead atoms. The number of allylic oxidation sites excluding steroid dienone is 1. The zero-order chi connectivity index (χ0) is 7.78. The van der Waals surface area contributed by atoms with E-state index in [0.29, 0.717) is 0 Å². The summed E-state index contributed by atoms with van der Waals surface area (Å²) in [5, 5.41) is 2.74. The highest BCUT2D eigenvalue weighted by molar-refractivity contribution is 5.84. The fourth-order valence-corrected chi connectivity index (χ4v) is 0.969. The SMILES string of the molecule is C=C1CCC(C)(C)C(=O)N1. The molecule has 0 aromatic carbocycles. The third-order valence-corrected chi connectivity index (χ3v) is 1.96. The molecule has 0 aliphatic carbocycles. The van der Waals surface area contributed by atoms with E-state index in [0.717, 1.165) is 18.5 Å². The van der Waals surface area contributed by atoms with Gasteiger partial charge in [0.05, 0.1) is 0 Å². The molecule has 1 amide bonds. The van der Waals surface area contributed by atoms with Crippen molar-refractivity contribution in [3.05, 3.63) is 12.3 Å². The Bertz CT molecular complexity index is 182. The molecule has 0 saturated carbocycles. The van der Waals surface area contributed by atoms with E-state index in [4.69, 9.17) is 0 Å². The maximum Gasteiger partial charge on any atom is 0.229 e. The van der Waals surface area contributed by atoms with Crippen molar-refractivity contribution in [3.8, 4) is 0 Å². The Balaban J connectivity index is 2.70. The zero-order valence-corrected chi connectivity index (χ0v) is 6.53. The van der Waals surface area contributed by atoms with Crippen molar-refractivity contribution in [2.24, 2.45) is 5.41 Å². The molecule has 2 nitrogen and oxygen atoms in total. The van der Waals surface area contributed by atoms with Crippen LogP contribution in [0.2, 0.25) is 0 Å². The van der Waals surface area contributed by atoms with Gasteiger partial charge in [-0.3, -0.25) is 4.79 Å². The minimum absolute atomic E-state index is 0.101. The van der Waals surface area contributed by atoms with Gasteiger partial charge in [0.15, 0.2) is 0 Å². The first-order chi connectivity index (χ1) is 4.52. The van der Waals surface area contributed by atoms with Crippen molar-refractivity contribution >= 4 is 5.91 Å². The van der Waals surface area contributed by atoms with Crippen LogP contribution < -0.4 is 5.32 Å². The summed E-state index contributed by atoms with van der Waals surface area (Å²) in [5.74, 6) is 0.101. The highest BCUT2D eigenvalue weighted by Gasteiger charge is 2.31. The maximum atomic E-state index is 11.2. The van der Waals surface area contributed by atoms with Gasteiger partial charge in [-0.05, 0) is 12.8 Å². The minimum atomic E-state index is -0.193. The molecule has 1 rings (SSSR count). The second-order valence-electron chi connectivity index (χ2n) is 3.44. The fraction of sp³-hybridized carbons (Fsp3) is 0.625. The smallest absolute Gasteiger partial charge is 0.229 e. The molecule has 0 unspecified atom stereocenters. The second kappa shape index (κ2) is 2.11. The van der Waals surface area contributed by atoms with Crippen LogP contribution >= 0.6 is 0 Å². The maximum absolute atomic E-state index is 11.2. The molecule has 1 aliphatic heterocycles. The molecule has 10 heavy (non-hydrogen) atoms. The van der Waals surface area contributed by atoms with Crippen molar-refractivity contribution in [1.29, 1.82) is 0 Å². The first-order valence-corrected chi connectivity index (χ1v) is 3.51. The van der Waals surface area contributed by atoms with Crippen LogP contribution in [0.4, 0.5) is 0 Å². The Morgan fingerprint density at radius 2 is 2.20 bits per heavy atom. The van der Waals surface area contributed by atoms with Crippen LogP contribution in [0.25, 0.3) is 0 Å². The summed E-state index contributed by atoms with van der Waals surface area (Å²) in [6, 6.07) is 0. The van der Waals surface area contributed by atoms with E-state index in [2.05, 4.69) is 11.9 Å². The van der Waals surface area contributed by atoms with E-state index in [-0.39, 0.29) is 11.3 Å².